The summed E-state index contributed by atoms with van der Waals surface area (Å²) >= 11 is -5.31. The van der Waals surface area contributed by atoms with Gasteiger partial charge < -0.3 is 0 Å². The van der Waals surface area contributed by atoms with Crippen LogP contribution < -0.4 is 7.16 Å². The first-order chi connectivity index (χ1) is 16.6. The van der Waals surface area contributed by atoms with Crippen LogP contribution in [0.1, 0.15) is 79.1 Å². The average molecular weight is 674 g/mol. The topological polar surface area (TPSA) is 0 Å². The molecule has 2 aromatic carbocycles. The summed E-state index contributed by atoms with van der Waals surface area (Å²) in [5.41, 5.74) is 0. The number of fused-ring (bicyclic) bond motifs is 1. The molecule has 0 aliphatic heterocycles. The van der Waals surface area contributed by atoms with Crippen LogP contribution in [0.5, 0.6) is 0 Å². The maximum atomic E-state index is 4.30. The van der Waals surface area contributed by atoms with E-state index in [0.717, 1.165) is 0 Å². The molecular formula is C32H52Sn2. The van der Waals surface area contributed by atoms with E-state index in [1.54, 1.807) is 5.39 Å². The van der Waals surface area contributed by atoms with Gasteiger partial charge in [-0.1, -0.05) is 0 Å². The molecular weight excluding hydrogens is 622 g/mol. The Morgan fingerprint density at radius 2 is 0.941 bits per heavy atom. The Kier molecular flexibility index (Phi) is 13.9. The quantitative estimate of drug-likeness (QED) is 0.109. The van der Waals surface area contributed by atoms with Crippen molar-refractivity contribution < 1.29 is 0 Å². The minimum absolute atomic E-state index is 1.30. The number of hydrogen-bond donors (Lipinski definition) is 0. The molecule has 0 heterocycles. The molecule has 2 rings (SSSR count). The van der Waals surface area contributed by atoms with Crippen LogP contribution in [0.3, 0.4) is 0 Å². The summed E-state index contributed by atoms with van der Waals surface area (Å²) in [4.78, 5) is 0. The van der Waals surface area contributed by atoms with Crippen LogP contribution in [-0.4, -0.2) is 36.8 Å². The third-order valence-electron chi connectivity index (χ3n) is 8.15. The van der Waals surface area contributed by atoms with E-state index < -0.39 is 36.8 Å². The molecule has 0 N–H and O–H groups in total. The second-order valence-electron chi connectivity index (χ2n) is 10.7. The molecule has 0 amide bonds. The molecule has 0 bridgehead atoms. The Hall–Kier alpha value is -0.223. The van der Waals surface area contributed by atoms with Crippen molar-refractivity contribution >= 4 is 54.7 Å². The number of unbranched alkanes of at least 4 members (excludes halogenated alkanes) is 4. The van der Waals surface area contributed by atoms with Gasteiger partial charge in [-0.15, -0.1) is 0 Å². The van der Waals surface area contributed by atoms with Gasteiger partial charge in [0.15, 0.2) is 0 Å². The van der Waals surface area contributed by atoms with E-state index >= 15 is 0 Å². The summed E-state index contributed by atoms with van der Waals surface area (Å²) < 4.78 is 12.2. The molecule has 0 spiro atoms. The molecule has 2 heteroatoms. The monoisotopic (exact) mass is 676 g/mol. The SMILES string of the molecule is C=C[CH2][Sn]([CH2]CCC)([CH2]CCC)[c]1cccc2ccc[c]([Sn]([CH2]C=C)([CH2]CCC)[CH2]CCC)c12. The van der Waals surface area contributed by atoms with Crippen LogP contribution in [-0.2, 0) is 0 Å². The van der Waals surface area contributed by atoms with Gasteiger partial charge in [0.05, 0.1) is 0 Å². The predicted molar refractivity (Wildman–Crippen MR) is 164 cm³/mol. The normalized spacial score (nSPS) is 12.2. The van der Waals surface area contributed by atoms with Gasteiger partial charge in [0.1, 0.15) is 0 Å². The van der Waals surface area contributed by atoms with Gasteiger partial charge in [0.25, 0.3) is 0 Å². The molecule has 0 fully saturated rings. The molecule has 0 aromatic heterocycles. The number of benzene rings is 2. The molecule has 34 heavy (non-hydrogen) atoms. The van der Waals surface area contributed by atoms with Crippen LogP contribution in [0.4, 0.5) is 0 Å². The van der Waals surface area contributed by atoms with Gasteiger partial charge >= 0.3 is 222 Å². The van der Waals surface area contributed by atoms with E-state index in [4.69, 9.17) is 0 Å². The van der Waals surface area contributed by atoms with Crippen molar-refractivity contribution in [2.24, 2.45) is 0 Å². The Balaban J connectivity index is 2.88. The summed E-state index contributed by atoms with van der Waals surface area (Å²) in [6.45, 7) is 18.1. The van der Waals surface area contributed by atoms with Crippen molar-refractivity contribution in [1.82, 2.24) is 0 Å². The zero-order valence-corrected chi connectivity index (χ0v) is 28.6. The average Bonchev–Trinajstić information content (AvgIpc) is 2.87. The van der Waals surface area contributed by atoms with Gasteiger partial charge in [-0.05, 0) is 0 Å². The van der Waals surface area contributed by atoms with Crippen molar-refractivity contribution in [3.05, 3.63) is 61.7 Å². The fourth-order valence-electron chi connectivity index (χ4n) is 6.25. The standard InChI is InChI=1S/C10H6.4C4H9.2C3H5.2Sn/c1-2-6-10-8-4-3-7-9(10)5-1;4*1-3-4-2;2*1-3-2;;/h1-5,7H;4*1,3-4H2,2H3;2*3H,1-2H2;;. The van der Waals surface area contributed by atoms with Gasteiger partial charge in [-0.3, -0.25) is 0 Å². The summed E-state index contributed by atoms with van der Waals surface area (Å²) in [5, 5.41) is 3.26. The Labute approximate surface area is 220 Å². The molecule has 2 aromatic rings. The van der Waals surface area contributed by atoms with Crippen LogP contribution in [0.2, 0.25) is 26.6 Å². The Morgan fingerprint density at radius 3 is 1.24 bits per heavy atom. The van der Waals surface area contributed by atoms with Crippen LogP contribution in [0.15, 0.2) is 61.7 Å². The van der Waals surface area contributed by atoms with Crippen molar-refractivity contribution in [3.8, 4) is 0 Å². The fraction of sp³-hybridized carbons (Fsp3) is 0.562. The first-order valence-corrected chi connectivity index (χ1v) is 29.3. The van der Waals surface area contributed by atoms with E-state index in [2.05, 4.69) is 89.4 Å². The molecule has 188 valence electrons. The van der Waals surface area contributed by atoms with Gasteiger partial charge in [0, 0.05) is 0 Å². The van der Waals surface area contributed by atoms with Crippen molar-refractivity contribution in [3.63, 3.8) is 0 Å². The first kappa shape index (κ1) is 30.0. The summed E-state index contributed by atoms with van der Waals surface area (Å²) in [7, 11) is 0. The van der Waals surface area contributed by atoms with E-state index in [1.165, 1.54) is 83.4 Å². The molecule has 0 radical (unpaired) electrons. The molecule has 0 nitrogen and oxygen atoms in total. The summed E-state index contributed by atoms with van der Waals surface area (Å²) in [6.07, 6.45) is 15.4. The third-order valence-corrected chi connectivity index (χ3v) is 38.1. The van der Waals surface area contributed by atoms with Crippen LogP contribution >= 0.6 is 0 Å². The molecule has 0 aliphatic carbocycles. The van der Waals surface area contributed by atoms with Crippen molar-refractivity contribution in [1.29, 1.82) is 0 Å². The fourth-order valence-corrected chi connectivity index (χ4v) is 37.5. The third kappa shape index (κ3) is 7.40. The van der Waals surface area contributed by atoms with Crippen LogP contribution in [0.25, 0.3) is 10.8 Å². The number of rotatable bonds is 18. The van der Waals surface area contributed by atoms with E-state index in [0.29, 0.717) is 0 Å². The van der Waals surface area contributed by atoms with Gasteiger partial charge in [0.2, 0.25) is 0 Å². The predicted octanol–water partition coefficient (Wildman–Crippen LogP) is 9.72. The molecule has 0 saturated heterocycles. The number of hydrogen-bond acceptors (Lipinski definition) is 0. The molecule has 0 unspecified atom stereocenters. The first-order valence-electron chi connectivity index (χ1n) is 14.3. The zero-order valence-electron chi connectivity index (χ0n) is 22.9. The molecule has 0 saturated carbocycles. The summed E-state index contributed by atoms with van der Waals surface area (Å²) in [5.74, 6) is 0. The minimum atomic E-state index is -2.66. The zero-order chi connectivity index (χ0) is 24.9. The number of allylic oxidation sites excluding steroid dienone is 2. The second-order valence-corrected chi connectivity index (χ2v) is 36.4. The summed E-state index contributed by atoms with van der Waals surface area (Å²) in [6, 6.07) is 14.8. The van der Waals surface area contributed by atoms with E-state index in [9.17, 15) is 0 Å². The maximum absolute atomic E-state index is 4.30. The van der Waals surface area contributed by atoms with Crippen molar-refractivity contribution in [2.45, 2.75) is 106 Å². The van der Waals surface area contributed by atoms with E-state index in [1.807, 2.05) is 7.16 Å². The van der Waals surface area contributed by atoms with Crippen molar-refractivity contribution in [2.75, 3.05) is 0 Å². The van der Waals surface area contributed by atoms with Gasteiger partial charge in [-0.25, -0.2) is 0 Å². The Bertz CT molecular complexity index is 797. The van der Waals surface area contributed by atoms with Gasteiger partial charge in [-0.2, -0.15) is 0 Å². The van der Waals surface area contributed by atoms with Crippen LogP contribution in [0, 0.1) is 0 Å². The second kappa shape index (κ2) is 15.8. The van der Waals surface area contributed by atoms with E-state index in [-0.39, 0.29) is 0 Å². The molecule has 0 aliphatic rings. The Morgan fingerprint density at radius 1 is 0.588 bits per heavy atom. The molecule has 0 atom stereocenters.